The molecule has 0 aromatic carbocycles. The van der Waals surface area contributed by atoms with Gasteiger partial charge in [0.25, 0.3) is 17.5 Å². The number of rotatable bonds is 10. The Morgan fingerprint density at radius 3 is 2.90 bits per heavy atom. The molecule has 204 valence electrons. The highest BCUT2D eigenvalue weighted by molar-refractivity contribution is 8.00. The maximum absolute atomic E-state index is 13.1. The van der Waals surface area contributed by atoms with E-state index in [0.29, 0.717) is 24.4 Å². The SMILES string of the molecule is CO/N=C(\C(=O)N[C@@H]1C(=O)N2C(C(=O)[O-])=C(C[n+]3ccn4c(NCCN)cccc43)CS[C@H]12)c1nsc(N)n1. The van der Waals surface area contributed by atoms with Crippen molar-refractivity contribution < 1.29 is 28.9 Å². The van der Waals surface area contributed by atoms with E-state index in [-0.39, 0.29) is 28.9 Å². The minimum absolute atomic E-state index is 0.0485. The van der Waals surface area contributed by atoms with Gasteiger partial charge in [-0.05, 0) is 6.07 Å². The van der Waals surface area contributed by atoms with Crippen molar-refractivity contribution in [1.29, 1.82) is 0 Å². The van der Waals surface area contributed by atoms with Gasteiger partial charge in [-0.15, -0.1) is 11.8 Å². The zero-order chi connectivity index (χ0) is 27.7. The van der Waals surface area contributed by atoms with Crippen molar-refractivity contribution in [3.05, 3.63) is 47.7 Å². The molecule has 0 bridgehead atoms. The standard InChI is InChI=1S/C22H24N10O5S2/c1-37-28-14(17-27-22(24)39-29-17)18(33)26-15-19(34)32-16(21(35)36)11(10-38-20(15)32)9-30-7-8-31-12(25-6-5-23)3-2-4-13(30)31/h2-4,7-8,15,20H,5-6,9-10,23H2,1H3,(H4,24,26,27,29,33,35,36)/b28-14-/t15-,20-/m1/s1. The second kappa shape index (κ2) is 10.9. The summed E-state index contributed by atoms with van der Waals surface area (Å²) in [6.45, 7) is 1.29. The first-order valence-electron chi connectivity index (χ1n) is 11.7. The van der Waals surface area contributed by atoms with Crippen molar-refractivity contribution in [3.63, 3.8) is 0 Å². The van der Waals surface area contributed by atoms with Gasteiger partial charge < -0.3 is 36.8 Å². The molecular formula is C22H24N10O5S2. The number of carbonyl (C=O) groups excluding carboxylic acids is 3. The minimum atomic E-state index is -1.47. The molecule has 0 aliphatic carbocycles. The van der Waals surface area contributed by atoms with Gasteiger partial charge in [0.2, 0.25) is 11.5 Å². The summed E-state index contributed by atoms with van der Waals surface area (Å²) >= 11 is 2.21. The van der Waals surface area contributed by atoms with Gasteiger partial charge in [0, 0.05) is 48.1 Å². The number of carboxylic acids is 1. The number of nitrogens with two attached hydrogens (primary N) is 2. The third-order valence-corrected chi connectivity index (χ3v) is 7.97. The Labute approximate surface area is 229 Å². The summed E-state index contributed by atoms with van der Waals surface area (Å²) in [7, 11) is 1.25. The highest BCUT2D eigenvalue weighted by Gasteiger charge is 2.53. The number of β-lactam (4-membered cyclic amide) rings is 1. The van der Waals surface area contributed by atoms with Crippen LogP contribution in [0.2, 0.25) is 0 Å². The van der Waals surface area contributed by atoms with Crippen molar-refractivity contribution in [2.45, 2.75) is 18.0 Å². The van der Waals surface area contributed by atoms with Crippen LogP contribution in [0.4, 0.5) is 10.9 Å². The van der Waals surface area contributed by atoms with Crippen LogP contribution in [0.5, 0.6) is 0 Å². The van der Waals surface area contributed by atoms with E-state index in [2.05, 4.69) is 25.1 Å². The summed E-state index contributed by atoms with van der Waals surface area (Å²) in [5.74, 6) is -1.71. The number of fused-ring (bicyclic) bond motifs is 2. The molecule has 3 aromatic heterocycles. The molecular weight excluding hydrogens is 548 g/mol. The summed E-state index contributed by atoms with van der Waals surface area (Å²) in [4.78, 5) is 48.0. The zero-order valence-corrected chi connectivity index (χ0v) is 22.2. The van der Waals surface area contributed by atoms with Crippen LogP contribution in [-0.4, -0.2) is 79.5 Å². The number of carboxylic acid groups (broad SMARTS) is 1. The van der Waals surface area contributed by atoms with Crippen LogP contribution >= 0.6 is 23.3 Å². The van der Waals surface area contributed by atoms with E-state index >= 15 is 0 Å². The van der Waals surface area contributed by atoms with Gasteiger partial charge in [-0.1, -0.05) is 5.16 Å². The maximum Gasteiger partial charge on any atom is 0.288 e. The number of amides is 2. The number of pyridine rings is 1. The quantitative estimate of drug-likeness (QED) is 0.0862. The molecule has 0 saturated carbocycles. The smallest absolute Gasteiger partial charge is 0.288 e. The molecule has 6 N–H and O–H groups in total. The molecule has 17 heteroatoms. The lowest BCUT2D eigenvalue weighted by atomic mass is 10.0. The molecule has 2 aliphatic rings. The van der Waals surface area contributed by atoms with Crippen LogP contribution < -0.4 is 31.8 Å². The Kier molecular flexibility index (Phi) is 7.36. The van der Waals surface area contributed by atoms with Crippen LogP contribution in [0.1, 0.15) is 5.82 Å². The zero-order valence-electron chi connectivity index (χ0n) is 20.6. The summed E-state index contributed by atoms with van der Waals surface area (Å²) in [5, 5.41) is 21.2. The number of hydrogen-bond donors (Lipinski definition) is 4. The number of nitrogens with one attached hydrogen (secondary N) is 2. The van der Waals surface area contributed by atoms with Gasteiger partial charge in [0.1, 0.15) is 37.5 Å². The molecule has 1 fully saturated rings. The summed E-state index contributed by atoms with van der Waals surface area (Å²) in [5.41, 5.74) is 12.1. The number of hydrogen-bond acceptors (Lipinski definition) is 13. The third-order valence-electron chi connectivity index (χ3n) is 6.09. The Hall–Kier alpha value is -4.22. The molecule has 1 saturated heterocycles. The Bertz CT molecular complexity index is 1520. The molecule has 2 atom stereocenters. The average Bonchev–Trinajstić information content (AvgIpc) is 3.54. The molecule has 5 heterocycles. The van der Waals surface area contributed by atoms with E-state index in [1.54, 1.807) is 0 Å². The van der Waals surface area contributed by atoms with Crippen molar-refractivity contribution in [3.8, 4) is 0 Å². The van der Waals surface area contributed by atoms with Crippen molar-refractivity contribution in [1.82, 2.24) is 24.0 Å². The van der Waals surface area contributed by atoms with Crippen LogP contribution in [0.3, 0.4) is 0 Å². The molecule has 0 spiro atoms. The molecule has 39 heavy (non-hydrogen) atoms. The largest absolute Gasteiger partial charge is 0.543 e. The highest BCUT2D eigenvalue weighted by atomic mass is 32.2. The van der Waals surface area contributed by atoms with Crippen LogP contribution in [0, 0.1) is 0 Å². The predicted molar refractivity (Wildman–Crippen MR) is 140 cm³/mol. The van der Waals surface area contributed by atoms with Crippen LogP contribution in [0.15, 0.2) is 47.0 Å². The van der Waals surface area contributed by atoms with E-state index in [0.717, 1.165) is 27.9 Å². The van der Waals surface area contributed by atoms with Gasteiger partial charge in [-0.25, -0.2) is 4.57 Å². The first kappa shape index (κ1) is 26.4. The summed E-state index contributed by atoms with van der Waals surface area (Å²) < 4.78 is 7.77. The highest BCUT2D eigenvalue weighted by Crippen LogP contribution is 2.40. The molecule has 2 aliphatic heterocycles. The van der Waals surface area contributed by atoms with Crippen molar-refractivity contribution >= 4 is 63.4 Å². The molecule has 3 aromatic rings. The molecule has 0 unspecified atom stereocenters. The topological polar surface area (TPSA) is 209 Å². The first-order valence-corrected chi connectivity index (χ1v) is 13.5. The lowest BCUT2D eigenvalue weighted by molar-refractivity contribution is -0.662. The number of imidazole rings is 1. The fourth-order valence-corrected chi connectivity index (χ4v) is 6.19. The number of nitrogen functional groups attached to an aromatic ring is 1. The Morgan fingerprint density at radius 1 is 1.38 bits per heavy atom. The fraction of sp³-hybridized carbons (Fsp3) is 0.318. The summed E-state index contributed by atoms with van der Waals surface area (Å²) in [6.07, 6.45) is 3.69. The number of aromatic nitrogens is 4. The van der Waals surface area contributed by atoms with E-state index < -0.39 is 29.2 Å². The van der Waals surface area contributed by atoms with Gasteiger partial charge >= 0.3 is 0 Å². The minimum Gasteiger partial charge on any atom is -0.543 e. The van der Waals surface area contributed by atoms with E-state index in [9.17, 15) is 19.5 Å². The number of anilines is 2. The number of aliphatic carboxylic acids is 1. The monoisotopic (exact) mass is 572 g/mol. The Morgan fingerprint density at radius 2 is 2.21 bits per heavy atom. The number of oxime groups is 1. The van der Waals surface area contributed by atoms with E-state index in [1.165, 1.54) is 18.9 Å². The average molecular weight is 573 g/mol. The van der Waals surface area contributed by atoms with Crippen molar-refractivity contribution in [2.24, 2.45) is 10.9 Å². The second-order valence-corrected chi connectivity index (χ2v) is 10.3. The predicted octanol–water partition coefficient (Wildman–Crippen LogP) is -2.51. The van der Waals surface area contributed by atoms with Crippen molar-refractivity contribution in [2.75, 3.05) is 37.0 Å². The lowest BCUT2D eigenvalue weighted by Gasteiger charge is -2.50. The van der Waals surface area contributed by atoms with Crippen LogP contribution in [-0.2, 0) is 25.8 Å². The Balaban J connectivity index is 1.36. The fourth-order valence-electron chi connectivity index (χ4n) is 4.42. The molecule has 0 radical (unpaired) electrons. The maximum atomic E-state index is 13.1. The normalized spacial score (nSPS) is 19.1. The van der Waals surface area contributed by atoms with E-state index in [1.807, 2.05) is 39.6 Å². The summed E-state index contributed by atoms with van der Waals surface area (Å²) in [6, 6.07) is 4.70. The number of thioether (sulfide) groups is 1. The lowest BCUT2D eigenvalue weighted by Crippen LogP contribution is -2.71. The van der Waals surface area contributed by atoms with Gasteiger partial charge in [-0.3, -0.25) is 14.5 Å². The van der Waals surface area contributed by atoms with E-state index in [4.69, 9.17) is 16.3 Å². The van der Waals surface area contributed by atoms with Gasteiger partial charge in [0.15, 0.2) is 10.9 Å². The van der Waals surface area contributed by atoms with Gasteiger partial charge in [-0.2, -0.15) is 13.8 Å². The molecule has 2 amide bonds. The number of carbonyl (C=O) groups is 3. The number of nitrogens with zero attached hydrogens (tertiary/aromatic N) is 6. The van der Waals surface area contributed by atoms with Crippen LogP contribution in [0.25, 0.3) is 5.65 Å². The second-order valence-electron chi connectivity index (χ2n) is 8.46. The third kappa shape index (κ3) is 4.86. The molecule has 15 nitrogen and oxygen atoms in total. The van der Waals surface area contributed by atoms with Gasteiger partial charge in [0.05, 0.1) is 11.7 Å². The molecule has 5 rings (SSSR count). The first-order chi connectivity index (χ1) is 18.8.